The van der Waals surface area contributed by atoms with Gasteiger partial charge in [-0.15, -0.1) is 0 Å². The highest BCUT2D eigenvalue weighted by Gasteiger charge is 2.26. The first-order valence-electron chi connectivity index (χ1n) is 7.65. The molecular formula is C17H25FN2O. The van der Waals surface area contributed by atoms with Crippen molar-refractivity contribution in [2.24, 2.45) is 0 Å². The molecule has 1 amide bonds. The Morgan fingerprint density at radius 1 is 1.29 bits per heavy atom. The molecule has 0 bridgehead atoms. The molecule has 3 nitrogen and oxygen atoms in total. The topological polar surface area (TPSA) is 23.6 Å². The van der Waals surface area contributed by atoms with Gasteiger partial charge in [-0.3, -0.25) is 4.79 Å². The summed E-state index contributed by atoms with van der Waals surface area (Å²) in [5.41, 5.74) is 1.12. The number of carbonyl (C=O) groups is 1. The molecular weight excluding hydrogens is 267 g/mol. The third-order valence-electron chi connectivity index (χ3n) is 4.37. The summed E-state index contributed by atoms with van der Waals surface area (Å²) in [7, 11) is 4.12. The van der Waals surface area contributed by atoms with Crippen LogP contribution < -0.4 is 0 Å². The number of likely N-dealkylation sites (tertiary alicyclic amines) is 1. The van der Waals surface area contributed by atoms with E-state index in [-0.39, 0.29) is 17.4 Å². The molecule has 1 aromatic carbocycles. The number of amides is 1. The van der Waals surface area contributed by atoms with Gasteiger partial charge in [-0.05, 0) is 50.6 Å². The predicted molar refractivity (Wildman–Crippen MR) is 83.1 cm³/mol. The van der Waals surface area contributed by atoms with Crippen LogP contribution in [0.25, 0.3) is 0 Å². The Morgan fingerprint density at radius 3 is 2.38 bits per heavy atom. The van der Waals surface area contributed by atoms with Crippen LogP contribution in [-0.2, 0) is 0 Å². The first-order chi connectivity index (χ1) is 9.90. The Kier molecular flexibility index (Phi) is 4.99. The fraction of sp³-hybridized carbons (Fsp3) is 0.588. The average molecular weight is 292 g/mol. The summed E-state index contributed by atoms with van der Waals surface area (Å²) in [5.74, 6) is -0.319. The molecule has 0 saturated carbocycles. The number of carbonyl (C=O) groups excluding carboxylic acids is 1. The number of hydrogen-bond acceptors (Lipinski definition) is 2. The number of benzene rings is 1. The predicted octanol–water partition coefficient (Wildman–Crippen LogP) is 3.12. The van der Waals surface area contributed by atoms with Crippen LogP contribution in [-0.4, -0.2) is 48.9 Å². The first kappa shape index (κ1) is 16.0. The third-order valence-corrected chi connectivity index (χ3v) is 4.37. The molecule has 4 heteroatoms. The summed E-state index contributed by atoms with van der Waals surface area (Å²) in [5, 5.41) is 0. The zero-order valence-electron chi connectivity index (χ0n) is 13.4. The molecule has 1 fully saturated rings. The van der Waals surface area contributed by atoms with Crippen molar-refractivity contribution >= 4 is 5.91 Å². The van der Waals surface area contributed by atoms with Crippen molar-refractivity contribution in [3.05, 3.63) is 35.1 Å². The highest BCUT2D eigenvalue weighted by molar-refractivity contribution is 5.94. The van der Waals surface area contributed by atoms with Gasteiger partial charge < -0.3 is 9.80 Å². The second-order valence-electron chi connectivity index (χ2n) is 6.38. The lowest BCUT2D eigenvalue weighted by molar-refractivity contribution is 0.0658. The fourth-order valence-electron chi connectivity index (χ4n) is 2.82. The van der Waals surface area contributed by atoms with Gasteiger partial charge >= 0.3 is 0 Å². The number of piperidine rings is 1. The minimum atomic E-state index is -0.402. The normalized spacial score (nSPS) is 16.8. The Morgan fingerprint density at radius 2 is 1.90 bits per heavy atom. The Labute approximate surface area is 126 Å². The maximum Gasteiger partial charge on any atom is 0.256 e. The van der Waals surface area contributed by atoms with Crippen molar-refractivity contribution < 1.29 is 9.18 Å². The lowest BCUT2D eigenvalue weighted by atomic mass is 9.99. The van der Waals surface area contributed by atoms with Gasteiger partial charge in [0.1, 0.15) is 5.82 Å². The van der Waals surface area contributed by atoms with Gasteiger partial charge in [0.05, 0.1) is 5.56 Å². The van der Waals surface area contributed by atoms with Crippen LogP contribution in [0.5, 0.6) is 0 Å². The standard InChI is InChI=1S/C17H25FN2O/c1-12(2)13-5-6-15(16(18)11-13)17(21)20-9-7-14(8-10-20)19(3)4/h5-6,11-12,14H,7-10H2,1-4H3. The summed E-state index contributed by atoms with van der Waals surface area (Å²) in [6.45, 7) is 5.44. The van der Waals surface area contributed by atoms with Crippen LogP contribution >= 0.6 is 0 Å². The summed E-state index contributed by atoms with van der Waals surface area (Å²) < 4.78 is 14.2. The average Bonchev–Trinajstić information content (AvgIpc) is 2.46. The highest BCUT2D eigenvalue weighted by Crippen LogP contribution is 2.21. The molecule has 2 rings (SSSR count). The van der Waals surface area contributed by atoms with E-state index in [2.05, 4.69) is 19.0 Å². The highest BCUT2D eigenvalue weighted by atomic mass is 19.1. The van der Waals surface area contributed by atoms with Crippen LogP contribution in [0, 0.1) is 5.82 Å². The lowest BCUT2D eigenvalue weighted by Gasteiger charge is -2.35. The summed E-state index contributed by atoms with van der Waals surface area (Å²) >= 11 is 0. The largest absolute Gasteiger partial charge is 0.338 e. The Bertz CT molecular complexity index is 506. The lowest BCUT2D eigenvalue weighted by Crippen LogP contribution is -2.44. The van der Waals surface area contributed by atoms with E-state index in [1.807, 2.05) is 19.9 Å². The van der Waals surface area contributed by atoms with Crippen molar-refractivity contribution in [1.29, 1.82) is 0 Å². The second kappa shape index (κ2) is 6.56. The SMILES string of the molecule is CC(C)c1ccc(C(=O)N2CCC(N(C)C)CC2)c(F)c1. The van der Waals surface area contributed by atoms with E-state index in [9.17, 15) is 9.18 Å². The minimum Gasteiger partial charge on any atom is -0.338 e. The number of hydrogen-bond donors (Lipinski definition) is 0. The molecule has 0 atom stereocenters. The van der Waals surface area contributed by atoms with Crippen molar-refractivity contribution in [2.45, 2.75) is 38.6 Å². The van der Waals surface area contributed by atoms with E-state index < -0.39 is 5.82 Å². The molecule has 0 aliphatic carbocycles. The van der Waals surface area contributed by atoms with E-state index in [0.29, 0.717) is 19.1 Å². The van der Waals surface area contributed by atoms with Crippen molar-refractivity contribution in [3.8, 4) is 0 Å². The van der Waals surface area contributed by atoms with Gasteiger partial charge in [0, 0.05) is 19.1 Å². The number of nitrogens with zero attached hydrogens (tertiary/aromatic N) is 2. The number of rotatable bonds is 3. The van der Waals surface area contributed by atoms with Crippen molar-refractivity contribution in [1.82, 2.24) is 9.80 Å². The van der Waals surface area contributed by atoms with Crippen molar-refractivity contribution in [2.75, 3.05) is 27.2 Å². The van der Waals surface area contributed by atoms with E-state index in [0.717, 1.165) is 18.4 Å². The molecule has 0 radical (unpaired) electrons. The molecule has 1 aromatic rings. The third kappa shape index (κ3) is 3.62. The van der Waals surface area contributed by atoms with E-state index in [1.165, 1.54) is 6.07 Å². The van der Waals surface area contributed by atoms with Gasteiger partial charge in [0.25, 0.3) is 5.91 Å². The quantitative estimate of drug-likeness (QED) is 0.854. The molecule has 0 unspecified atom stereocenters. The zero-order valence-corrected chi connectivity index (χ0v) is 13.4. The second-order valence-corrected chi connectivity index (χ2v) is 6.38. The molecule has 0 spiro atoms. The monoisotopic (exact) mass is 292 g/mol. The van der Waals surface area contributed by atoms with Gasteiger partial charge in [0.2, 0.25) is 0 Å². The maximum atomic E-state index is 14.2. The van der Waals surface area contributed by atoms with Gasteiger partial charge in [0.15, 0.2) is 0 Å². The summed E-state index contributed by atoms with van der Waals surface area (Å²) in [6, 6.07) is 5.49. The fourth-order valence-corrected chi connectivity index (χ4v) is 2.82. The molecule has 1 saturated heterocycles. The van der Waals surface area contributed by atoms with E-state index in [4.69, 9.17) is 0 Å². The molecule has 116 valence electrons. The van der Waals surface area contributed by atoms with Gasteiger partial charge in [-0.25, -0.2) is 4.39 Å². The summed E-state index contributed by atoms with van der Waals surface area (Å²) in [6.07, 6.45) is 1.90. The minimum absolute atomic E-state index is 0.181. The van der Waals surface area contributed by atoms with E-state index >= 15 is 0 Å². The Balaban J connectivity index is 2.07. The smallest absolute Gasteiger partial charge is 0.256 e. The van der Waals surface area contributed by atoms with Crippen molar-refractivity contribution in [3.63, 3.8) is 0 Å². The maximum absolute atomic E-state index is 14.2. The molecule has 1 heterocycles. The van der Waals surface area contributed by atoms with Gasteiger partial charge in [-0.2, -0.15) is 0 Å². The number of halogens is 1. The van der Waals surface area contributed by atoms with E-state index in [1.54, 1.807) is 11.0 Å². The first-order valence-corrected chi connectivity index (χ1v) is 7.65. The Hall–Kier alpha value is -1.42. The van der Waals surface area contributed by atoms with Crippen LogP contribution in [0.15, 0.2) is 18.2 Å². The van der Waals surface area contributed by atoms with Crippen LogP contribution in [0.1, 0.15) is 48.5 Å². The molecule has 21 heavy (non-hydrogen) atoms. The van der Waals surface area contributed by atoms with Crippen LogP contribution in [0.2, 0.25) is 0 Å². The molecule has 0 aromatic heterocycles. The zero-order chi connectivity index (χ0) is 15.6. The van der Waals surface area contributed by atoms with Gasteiger partial charge in [-0.1, -0.05) is 19.9 Å². The van der Waals surface area contributed by atoms with Crippen LogP contribution in [0.3, 0.4) is 0 Å². The molecule has 0 N–H and O–H groups in total. The summed E-state index contributed by atoms with van der Waals surface area (Å²) in [4.78, 5) is 16.4. The molecule has 1 aliphatic heterocycles. The molecule has 1 aliphatic rings. The van der Waals surface area contributed by atoms with Crippen LogP contribution in [0.4, 0.5) is 4.39 Å².